The minimum absolute atomic E-state index is 0.0267. The van der Waals surface area contributed by atoms with Crippen molar-refractivity contribution < 1.29 is 9.21 Å². The molecule has 6 nitrogen and oxygen atoms in total. The number of hydrogen-bond acceptors (Lipinski definition) is 4. The second-order valence-electron chi connectivity index (χ2n) is 7.11. The van der Waals surface area contributed by atoms with E-state index >= 15 is 0 Å². The zero-order chi connectivity index (χ0) is 18.2. The van der Waals surface area contributed by atoms with Gasteiger partial charge in [-0.2, -0.15) is 0 Å². The van der Waals surface area contributed by atoms with Crippen LogP contribution in [0.25, 0.3) is 11.0 Å². The van der Waals surface area contributed by atoms with E-state index < -0.39 is 0 Å². The molecule has 0 atom stereocenters. The van der Waals surface area contributed by atoms with Gasteiger partial charge < -0.3 is 9.32 Å². The Kier molecular flexibility index (Phi) is 3.96. The van der Waals surface area contributed by atoms with Crippen LogP contribution in [-0.4, -0.2) is 37.2 Å². The van der Waals surface area contributed by atoms with Crippen molar-refractivity contribution in [3.8, 4) is 0 Å². The summed E-state index contributed by atoms with van der Waals surface area (Å²) in [6.07, 6.45) is 5.29. The van der Waals surface area contributed by atoms with E-state index in [0.29, 0.717) is 18.9 Å². The van der Waals surface area contributed by atoms with Crippen LogP contribution in [0.2, 0.25) is 0 Å². The van der Waals surface area contributed by atoms with E-state index in [1.807, 2.05) is 47.4 Å². The van der Waals surface area contributed by atoms with E-state index in [0.717, 1.165) is 35.6 Å². The van der Waals surface area contributed by atoms with Crippen LogP contribution >= 0.6 is 0 Å². The van der Waals surface area contributed by atoms with Gasteiger partial charge in [0.2, 0.25) is 0 Å². The zero-order valence-electron chi connectivity index (χ0n) is 15.2. The Bertz CT molecular complexity index is 963. The fourth-order valence-corrected chi connectivity index (χ4v) is 4.00. The lowest BCUT2D eigenvalue weighted by Gasteiger charge is -2.28. The van der Waals surface area contributed by atoms with Crippen molar-refractivity contribution in [2.75, 3.05) is 40.9 Å². The molecule has 0 unspecified atom stereocenters. The predicted octanol–water partition coefficient (Wildman–Crippen LogP) is 4.26. The molecule has 2 saturated heterocycles. The highest BCUT2D eigenvalue weighted by molar-refractivity contribution is 6.06. The highest BCUT2D eigenvalue weighted by atomic mass is 16.3. The number of hydrogen-bond donors (Lipinski definition) is 0. The molecule has 5 rings (SSSR count). The van der Waals surface area contributed by atoms with E-state index in [-0.39, 0.29) is 6.03 Å². The summed E-state index contributed by atoms with van der Waals surface area (Å²) in [6.45, 7) is 3.25. The standard InChI is InChI=1S/C21H22N4O2/c26-21-24(17-7-3-1-4-8-17)12-13-25(21)18-15-16-9-14-27-19(16)20(22-18)23-10-5-2-6-11-23/h1,3-4,7-9,14-15H,2,5-6,10-13H2. The van der Waals surface area contributed by atoms with Crippen molar-refractivity contribution >= 4 is 34.3 Å². The maximum Gasteiger partial charge on any atom is 0.330 e. The number of fused-ring (bicyclic) bond motifs is 1. The lowest BCUT2D eigenvalue weighted by atomic mass is 10.1. The topological polar surface area (TPSA) is 52.8 Å². The summed E-state index contributed by atoms with van der Waals surface area (Å²) in [5.74, 6) is 1.56. The van der Waals surface area contributed by atoms with Gasteiger partial charge in [-0.15, -0.1) is 0 Å². The third-order valence-electron chi connectivity index (χ3n) is 5.41. The lowest BCUT2D eigenvalue weighted by Crippen LogP contribution is -2.33. The fraction of sp³-hybridized carbons (Fsp3) is 0.333. The van der Waals surface area contributed by atoms with Crippen molar-refractivity contribution in [2.45, 2.75) is 19.3 Å². The summed E-state index contributed by atoms with van der Waals surface area (Å²) >= 11 is 0. The normalized spacial score (nSPS) is 17.9. The maximum absolute atomic E-state index is 13.0. The van der Waals surface area contributed by atoms with Gasteiger partial charge in [0, 0.05) is 37.3 Å². The quantitative estimate of drug-likeness (QED) is 0.698. The van der Waals surface area contributed by atoms with Crippen LogP contribution < -0.4 is 14.7 Å². The van der Waals surface area contributed by atoms with Gasteiger partial charge >= 0.3 is 6.03 Å². The molecule has 27 heavy (non-hydrogen) atoms. The van der Waals surface area contributed by atoms with Crippen LogP contribution in [0.3, 0.4) is 0 Å². The third kappa shape index (κ3) is 2.81. The summed E-state index contributed by atoms with van der Waals surface area (Å²) in [5, 5.41) is 0.992. The molecular weight excluding hydrogens is 340 g/mol. The molecule has 0 aliphatic carbocycles. The van der Waals surface area contributed by atoms with Crippen LogP contribution in [0.4, 0.5) is 22.1 Å². The molecule has 1 aromatic carbocycles. The number of amides is 2. The number of nitrogens with zero attached hydrogens (tertiary/aromatic N) is 4. The number of pyridine rings is 1. The second kappa shape index (κ2) is 6.61. The van der Waals surface area contributed by atoms with Gasteiger partial charge in [0.25, 0.3) is 0 Å². The zero-order valence-corrected chi connectivity index (χ0v) is 15.2. The van der Waals surface area contributed by atoms with Gasteiger partial charge in [-0.3, -0.25) is 9.80 Å². The number of rotatable bonds is 3. The van der Waals surface area contributed by atoms with E-state index in [9.17, 15) is 4.79 Å². The average Bonchev–Trinajstić information content (AvgIpc) is 3.35. The first-order valence-electron chi connectivity index (χ1n) is 9.58. The van der Waals surface area contributed by atoms with Crippen LogP contribution in [0.1, 0.15) is 19.3 Å². The highest BCUT2D eigenvalue weighted by Gasteiger charge is 2.32. The van der Waals surface area contributed by atoms with Gasteiger partial charge in [0.05, 0.1) is 6.26 Å². The Morgan fingerprint density at radius 2 is 1.67 bits per heavy atom. The van der Waals surface area contributed by atoms with E-state index in [2.05, 4.69) is 4.90 Å². The minimum atomic E-state index is -0.0267. The molecule has 2 aliphatic heterocycles. The molecule has 3 aromatic rings. The first-order chi connectivity index (χ1) is 13.3. The Balaban J connectivity index is 1.51. The number of anilines is 3. The summed E-state index contributed by atoms with van der Waals surface area (Å²) in [6, 6.07) is 13.7. The van der Waals surface area contributed by atoms with Gasteiger partial charge in [0.15, 0.2) is 11.4 Å². The fourth-order valence-electron chi connectivity index (χ4n) is 4.00. The van der Waals surface area contributed by atoms with E-state index in [1.54, 1.807) is 11.2 Å². The van der Waals surface area contributed by atoms with Crippen molar-refractivity contribution in [1.29, 1.82) is 0 Å². The molecule has 2 aromatic heterocycles. The van der Waals surface area contributed by atoms with Crippen molar-refractivity contribution in [3.63, 3.8) is 0 Å². The molecule has 0 bridgehead atoms. The molecule has 4 heterocycles. The highest BCUT2D eigenvalue weighted by Crippen LogP contribution is 2.33. The number of urea groups is 1. The van der Waals surface area contributed by atoms with Crippen LogP contribution in [-0.2, 0) is 0 Å². The summed E-state index contributed by atoms with van der Waals surface area (Å²) in [4.78, 5) is 23.8. The lowest BCUT2D eigenvalue weighted by molar-refractivity contribution is 0.255. The smallest absolute Gasteiger partial charge is 0.330 e. The van der Waals surface area contributed by atoms with E-state index in [1.165, 1.54) is 19.3 Å². The van der Waals surface area contributed by atoms with Crippen molar-refractivity contribution in [3.05, 3.63) is 48.7 Å². The number of carbonyl (C=O) groups excluding carboxylic acids is 1. The minimum Gasteiger partial charge on any atom is -0.460 e. The second-order valence-corrected chi connectivity index (χ2v) is 7.11. The number of benzene rings is 1. The molecule has 0 radical (unpaired) electrons. The summed E-state index contributed by atoms with van der Waals surface area (Å²) in [7, 11) is 0. The van der Waals surface area contributed by atoms with Crippen LogP contribution in [0, 0.1) is 0 Å². The number of piperidine rings is 1. The first-order valence-corrected chi connectivity index (χ1v) is 9.58. The van der Waals surface area contributed by atoms with Crippen molar-refractivity contribution in [2.24, 2.45) is 0 Å². The molecule has 0 N–H and O–H groups in total. The molecule has 0 spiro atoms. The molecular formula is C21H22N4O2. The Labute approximate surface area is 158 Å². The van der Waals surface area contributed by atoms with Gasteiger partial charge in [-0.25, -0.2) is 9.78 Å². The SMILES string of the molecule is O=C1N(c2ccccc2)CCN1c1cc2ccoc2c(N2CCCCC2)n1. The number of furan rings is 1. The average molecular weight is 362 g/mol. The largest absolute Gasteiger partial charge is 0.460 e. The Morgan fingerprint density at radius 1 is 0.889 bits per heavy atom. The number of para-hydroxylation sites is 1. The third-order valence-corrected chi connectivity index (χ3v) is 5.41. The molecule has 138 valence electrons. The van der Waals surface area contributed by atoms with E-state index in [4.69, 9.17) is 9.40 Å². The summed E-state index contributed by atoms with van der Waals surface area (Å²) < 4.78 is 5.72. The number of carbonyl (C=O) groups is 1. The number of aromatic nitrogens is 1. The Morgan fingerprint density at radius 3 is 2.48 bits per heavy atom. The molecule has 2 fully saturated rings. The van der Waals surface area contributed by atoms with Gasteiger partial charge in [-0.1, -0.05) is 18.2 Å². The van der Waals surface area contributed by atoms with Gasteiger partial charge in [-0.05, 0) is 43.5 Å². The Hall–Kier alpha value is -3.02. The first kappa shape index (κ1) is 16.2. The van der Waals surface area contributed by atoms with Gasteiger partial charge in [0.1, 0.15) is 5.82 Å². The molecule has 6 heteroatoms. The van der Waals surface area contributed by atoms with Crippen LogP contribution in [0.15, 0.2) is 53.1 Å². The molecule has 0 saturated carbocycles. The maximum atomic E-state index is 13.0. The molecule has 2 amide bonds. The van der Waals surface area contributed by atoms with Crippen molar-refractivity contribution in [1.82, 2.24) is 4.98 Å². The molecule has 2 aliphatic rings. The monoisotopic (exact) mass is 362 g/mol. The predicted molar refractivity (Wildman–Crippen MR) is 107 cm³/mol. The summed E-state index contributed by atoms with van der Waals surface area (Å²) in [5.41, 5.74) is 1.73. The van der Waals surface area contributed by atoms with Crippen LogP contribution in [0.5, 0.6) is 0 Å².